The number of hydrogen-bond donors (Lipinski definition) is 0. The van der Waals surface area contributed by atoms with Crippen molar-refractivity contribution in [3.8, 4) is 0 Å². The van der Waals surface area contributed by atoms with Gasteiger partial charge < -0.3 is 4.74 Å². The van der Waals surface area contributed by atoms with E-state index in [0.29, 0.717) is 18.5 Å². The van der Waals surface area contributed by atoms with Crippen molar-refractivity contribution in [3.63, 3.8) is 0 Å². The number of ether oxygens (including phenoxy) is 1. The van der Waals surface area contributed by atoms with Crippen molar-refractivity contribution in [1.82, 2.24) is 0 Å². The maximum absolute atomic E-state index is 10.0. The molecule has 0 aliphatic carbocycles. The van der Waals surface area contributed by atoms with Gasteiger partial charge in [0.2, 0.25) is 0 Å². The monoisotopic (exact) mass is 206 g/mol. The third kappa shape index (κ3) is 4.63. The average Bonchev–Trinajstić information content (AvgIpc) is 2.14. The van der Waals surface area contributed by atoms with Gasteiger partial charge in [-0.15, -0.1) is 0 Å². The summed E-state index contributed by atoms with van der Waals surface area (Å²) in [6.07, 6.45) is 1.06. The fraction of sp³-hybridized carbons (Fsp3) is 0.462. The van der Waals surface area contributed by atoms with E-state index in [1.807, 2.05) is 12.1 Å². The van der Waals surface area contributed by atoms with Crippen LogP contribution in [0.25, 0.3) is 0 Å². The molecule has 1 rings (SSSR count). The van der Waals surface area contributed by atoms with E-state index in [1.54, 1.807) is 0 Å². The highest BCUT2D eigenvalue weighted by Gasteiger charge is 2.10. The van der Waals surface area contributed by atoms with Crippen LogP contribution in [0.4, 0.5) is 0 Å². The van der Waals surface area contributed by atoms with E-state index < -0.39 is 0 Å². The number of hydrogen-bond acceptors (Lipinski definition) is 2. The molecule has 2 nitrogen and oxygen atoms in total. The van der Waals surface area contributed by atoms with E-state index >= 15 is 0 Å². The summed E-state index contributed by atoms with van der Waals surface area (Å²) in [6.45, 7) is 7.49. The number of carbonyl (C=O) groups is 1. The average molecular weight is 206 g/mol. The smallest absolute Gasteiger partial charge is 0.293 e. The Kier molecular flexibility index (Phi) is 3.89. The van der Waals surface area contributed by atoms with Gasteiger partial charge in [0, 0.05) is 0 Å². The minimum Gasteiger partial charge on any atom is -0.463 e. The summed E-state index contributed by atoms with van der Waals surface area (Å²) in [7, 11) is 0. The lowest BCUT2D eigenvalue weighted by molar-refractivity contribution is -0.129. The standard InChI is InChI=1S/C13H18O2/c1-13(2,3)8-11-4-6-12(7-5-11)9-15-10-14/h4-7,10H,8-9H2,1-3H3. The van der Waals surface area contributed by atoms with Crippen molar-refractivity contribution in [3.05, 3.63) is 35.4 Å². The Morgan fingerprint density at radius 3 is 2.13 bits per heavy atom. The molecule has 0 fully saturated rings. The highest BCUT2D eigenvalue weighted by molar-refractivity contribution is 5.37. The molecule has 2 heteroatoms. The predicted octanol–water partition coefficient (Wildman–Crippen LogP) is 2.95. The Balaban J connectivity index is 2.60. The topological polar surface area (TPSA) is 26.3 Å². The summed E-state index contributed by atoms with van der Waals surface area (Å²) in [5, 5.41) is 0. The molecule has 0 atom stereocenters. The Labute approximate surface area is 91.3 Å². The van der Waals surface area contributed by atoms with Gasteiger partial charge in [-0.2, -0.15) is 0 Å². The molecule has 0 unspecified atom stereocenters. The molecule has 0 saturated carbocycles. The van der Waals surface area contributed by atoms with Crippen LogP contribution in [0.15, 0.2) is 24.3 Å². The van der Waals surface area contributed by atoms with Crippen LogP contribution in [-0.2, 0) is 22.6 Å². The maximum atomic E-state index is 10.0. The fourth-order valence-electron chi connectivity index (χ4n) is 1.50. The molecule has 0 aromatic heterocycles. The molecule has 0 amide bonds. The second-order valence-electron chi connectivity index (χ2n) is 4.96. The summed E-state index contributed by atoms with van der Waals surface area (Å²) in [5.41, 5.74) is 2.65. The lowest BCUT2D eigenvalue weighted by Crippen LogP contribution is -2.08. The largest absolute Gasteiger partial charge is 0.463 e. The molecule has 0 saturated heterocycles. The third-order valence-corrected chi connectivity index (χ3v) is 2.08. The van der Waals surface area contributed by atoms with Crippen LogP contribution in [0.3, 0.4) is 0 Å². The van der Waals surface area contributed by atoms with E-state index in [0.717, 1.165) is 12.0 Å². The molecule has 0 radical (unpaired) electrons. The number of rotatable bonds is 4. The minimum atomic E-state index is 0.306. The molecule has 0 spiro atoms. The van der Waals surface area contributed by atoms with Crippen LogP contribution in [0.2, 0.25) is 0 Å². The fourth-order valence-corrected chi connectivity index (χ4v) is 1.50. The molecule has 0 aliphatic rings. The van der Waals surface area contributed by atoms with Crippen LogP contribution >= 0.6 is 0 Å². The number of carbonyl (C=O) groups excluding carboxylic acids is 1. The van der Waals surface area contributed by atoms with Gasteiger partial charge in [0.15, 0.2) is 0 Å². The summed E-state index contributed by atoms with van der Waals surface area (Å²) in [5.74, 6) is 0. The first kappa shape index (κ1) is 11.8. The minimum absolute atomic E-state index is 0.306. The molecule has 0 bridgehead atoms. The Morgan fingerprint density at radius 2 is 1.67 bits per heavy atom. The highest BCUT2D eigenvalue weighted by atomic mass is 16.5. The zero-order chi connectivity index (χ0) is 11.3. The van der Waals surface area contributed by atoms with E-state index in [9.17, 15) is 4.79 Å². The van der Waals surface area contributed by atoms with Crippen LogP contribution in [-0.4, -0.2) is 6.47 Å². The molecule has 82 valence electrons. The van der Waals surface area contributed by atoms with Crippen LogP contribution in [0.1, 0.15) is 31.9 Å². The Bertz CT molecular complexity index is 306. The molecular weight excluding hydrogens is 188 g/mol. The SMILES string of the molecule is CC(C)(C)Cc1ccc(COC=O)cc1. The third-order valence-electron chi connectivity index (χ3n) is 2.08. The van der Waals surface area contributed by atoms with Crippen LogP contribution < -0.4 is 0 Å². The van der Waals surface area contributed by atoms with Crippen LogP contribution in [0.5, 0.6) is 0 Å². The first-order valence-electron chi connectivity index (χ1n) is 5.14. The van der Waals surface area contributed by atoms with Gasteiger partial charge in [-0.3, -0.25) is 4.79 Å². The van der Waals surface area contributed by atoms with Crippen molar-refractivity contribution >= 4 is 6.47 Å². The van der Waals surface area contributed by atoms with Gasteiger partial charge in [0.25, 0.3) is 6.47 Å². The van der Waals surface area contributed by atoms with Gasteiger partial charge in [-0.1, -0.05) is 45.0 Å². The maximum Gasteiger partial charge on any atom is 0.293 e. The van der Waals surface area contributed by atoms with Crippen LogP contribution in [0, 0.1) is 5.41 Å². The van der Waals surface area contributed by atoms with Gasteiger partial charge in [-0.05, 0) is 23.0 Å². The number of benzene rings is 1. The van der Waals surface area contributed by atoms with Crippen molar-refractivity contribution < 1.29 is 9.53 Å². The molecule has 0 N–H and O–H groups in total. The van der Waals surface area contributed by atoms with Gasteiger partial charge in [0.05, 0.1) is 0 Å². The molecule has 0 aliphatic heterocycles. The summed E-state index contributed by atoms with van der Waals surface area (Å²) in [6, 6.07) is 8.19. The van der Waals surface area contributed by atoms with E-state index in [1.165, 1.54) is 5.56 Å². The lowest BCUT2D eigenvalue weighted by Gasteiger charge is -2.18. The van der Waals surface area contributed by atoms with Gasteiger partial charge in [0.1, 0.15) is 6.61 Å². The molecule has 1 aromatic carbocycles. The van der Waals surface area contributed by atoms with Gasteiger partial charge in [-0.25, -0.2) is 0 Å². The quantitative estimate of drug-likeness (QED) is 0.708. The van der Waals surface area contributed by atoms with Crippen molar-refractivity contribution in [1.29, 1.82) is 0 Å². The zero-order valence-electron chi connectivity index (χ0n) is 9.62. The van der Waals surface area contributed by atoms with E-state index in [-0.39, 0.29) is 0 Å². The first-order chi connectivity index (χ1) is 7.01. The van der Waals surface area contributed by atoms with Crippen molar-refractivity contribution in [2.75, 3.05) is 0 Å². The molecular formula is C13H18O2. The summed E-state index contributed by atoms with van der Waals surface area (Å²) >= 11 is 0. The Hall–Kier alpha value is -1.31. The normalized spacial score (nSPS) is 11.1. The first-order valence-corrected chi connectivity index (χ1v) is 5.14. The highest BCUT2D eigenvalue weighted by Crippen LogP contribution is 2.20. The van der Waals surface area contributed by atoms with E-state index in [4.69, 9.17) is 0 Å². The van der Waals surface area contributed by atoms with E-state index in [2.05, 4.69) is 37.6 Å². The molecule has 15 heavy (non-hydrogen) atoms. The second kappa shape index (κ2) is 4.96. The van der Waals surface area contributed by atoms with Crippen molar-refractivity contribution in [2.24, 2.45) is 5.41 Å². The summed E-state index contributed by atoms with van der Waals surface area (Å²) in [4.78, 5) is 10.0. The lowest BCUT2D eigenvalue weighted by atomic mass is 9.88. The zero-order valence-corrected chi connectivity index (χ0v) is 9.62. The van der Waals surface area contributed by atoms with Crippen molar-refractivity contribution in [2.45, 2.75) is 33.8 Å². The Morgan fingerprint density at radius 1 is 1.13 bits per heavy atom. The predicted molar refractivity (Wildman–Crippen MR) is 60.5 cm³/mol. The molecule has 0 heterocycles. The molecule has 1 aromatic rings. The second-order valence-corrected chi connectivity index (χ2v) is 4.96. The summed E-state index contributed by atoms with van der Waals surface area (Å²) < 4.78 is 4.68. The van der Waals surface area contributed by atoms with Gasteiger partial charge >= 0.3 is 0 Å².